The lowest BCUT2D eigenvalue weighted by Gasteiger charge is -2.29. The summed E-state index contributed by atoms with van der Waals surface area (Å²) in [4.78, 5) is 0. The van der Waals surface area contributed by atoms with Crippen molar-refractivity contribution in [2.45, 2.75) is 39.0 Å². The number of hydrogen-bond acceptors (Lipinski definition) is 1. The summed E-state index contributed by atoms with van der Waals surface area (Å²) in [5, 5.41) is 0. The molecule has 1 rings (SSSR count). The molecule has 0 aromatic carbocycles. The zero-order valence-electron chi connectivity index (χ0n) is 7.97. The van der Waals surface area contributed by atoms with Gasteiger partial charge in [-0.3, -0.25) is 0 Å². The molecular weight excluding hydrogens is 146 g/mol. The van der Waals surface area contributed by atoms with E-state index in [4.69, 9.17) is 5.73 Å². The van der Waals surface area contributed by atoms with Gasteiger partial charge in [0, 0.05) is 6.42 Å². The van der Waals surface area contributed by atoms with Crippen LogP contribution >= 0.6 is 0 Å². The third-order valence-corrected chi connectivity index (χ3v) is 2.91. The van der Waals surface area contributed by atoms with E-state index in [-0.39, 0.29) is 0 Å². The molecule has 1 heteroatoms. The molecule has 2 unspecified atom stereocenters. The lowest BCUT2D eigenvalue weighted by Crippen LogP contribution is -2.26. The van der Waals surface area contributed by atoms with Crippen LogP contribution in [0.15, 0.2) is 0 Å². The van der Waals surface area contributed by atoms with E-state index in [9.17, 15) is 0 Å². The van der Waals surface area contributed by atoms with Crippen LogP contribution < -0.4 is 5.73 Å². The molecule has 1 fully saturated rings. The maximum atomic E-state index is 5.72. The van der Waals surface area contributed by atoms with E-state index in [0.29, 0.717) is 0 Å². The van der Waals surface area contributed by atoms with Crippen LogP contribution in [0.4, 0.5) is 0 Å². The van der Waals surface area contributed by atoms with E-state index < -0.39 is 0 Å². The molecule has 68 valence electrons. The maximum Gasteiger partial charge on any atom is 0.0120 e. The van der Waals surface area contributed by atoms with Gasteiger partial charge in [-0.15, -0.1) is 11.8 Å². The summed E-state index contributed by atoms with van der Waals surface area (Å²) >= 11 is 0. The minimum absolute atomic E-state index is 0.750. The Morgan fingerprint density at radius 1 is 1.25 bits per heavy atom. The zero-order chi connectivity index (χ0) is 8.81. The van der Waals surface area contributed by atoms with Gasteiger partial charge in [0.2, 0.25) is 0 Å². The highest BCUT2D eigenvalue weighted by Crippen LogP contribution is 2.31. The van der Waals surface area contributed by atoms with Crippen molar-refractivity contribution in [1.82, 2.24) is 0 Å². The van der Waals surface area contributed by atoms with Crippen LogP contribution in [0.1, 0.15) is 39.0 Å². The van der Waals surface area contributed by atoms with Crippen molar-refractivity contribution in [2.24, 2.45) is 17.6 Å². The fourth-order valence-electron chi connectivity index (χ4n) is 2.10. The molecule has 2 N–H and O–H groups in total. The van der Waals surface area contributed by atoms with E-state index in [1.165, 1.54) is 25.7 Å². The Labute approximate surface area is 75.7 Å². The Balaban J connectivity index is 2.39. The molecule has 12 heavy (non-hydrogen) atoms. The molecule has 0 radical (unpaired) electrons. The van der Waals surface area contributed by atoms with Gasteiger partial charge in [-0.1, -0.05) is 12.8 Å². The molecule has 0 aromatic heterocycles. The molecule has 2 atom stereocenters. The Morgan fingerprint density at radius 2 is 1.92 bits per heavy atom. The first-order chi connectivity index (χ1) is 5.88. The monoisotopic (exact) mass is 165 g/mol. The van der Waals surface area contributed by atoms with Crippen molar-refractivity contribution in [3.8, 4) is 11.8 Å². The lowest BCUT2D eigenvalue weighted by molar-refractivity contribution is 0.248. The number of rotatable bonds is 2. The minimum atomic E-state index is 0.750. The summed E-state index contributed by atoms with van der Waals surface area (Å²) in [7, 11) is 0. The Hall–Kier alpha value is -0.480. The Kier molecular flexibility index (Phi) is 4.18. The van der Waals surface area contributed by atoms with E-state index >= 15 is 0 Å². The highest BCUT2D eigenvalue weighted by atomic mass is 14.6. The molecule has 0 bridgehead atoms. The van der Waals surface area contributed by atoms with Crippen molar-refractivity contribution >= 4 is 0 Å². The summed E-state index contributed by atoms with van der Waals surface area (Å²) in [6, 6.07) is 0. The molecule has 0 heterocycles. The summed E-state index contributed by atoms with van der Waals surface area (Å²) in [5.41, 5.74) is 5.72. The van der Waals surface area contributed by atoms with Crippen LogP contribution in [-0.4, -0.2) is 6.54 Å². The first kappa shape index (κ1) is 9.61. The second kappa shape index (κ2) is 5.22. The summed E-state index contributed by atoms with van der Waals surface area (Å²) in [6.45, 7) is 2.77. The van der Waals surface area contributed by atoms with E-state index in [1.807, 2.05) is 6.92 Å². The largest absolute Gasteiger partial charge is 0.330 e. The van der Waals surface area contributed by atoms with E-state index in [1.54, 1.807) is 0 Å². The van der Waals surface area contributed by atoms with E-state index in [2.05, 4.69) is 11.8 Å². The zero-order valence-corrected chi connectivity index (χ0v) is 7.97. The normalized spacial score (nSPS) is 29.2. The molecule has 0 saturated heterocycles. The fourth-order valence-corrected chi connectivity index (χ4v) is 2.10. The maximum absolute atomic E-state index is 5.72. The van der Waals surface area contributed by atoms with Crippen molar-refractivity contribution in [1.29, 1.82) is 0 Å². The minimum Gasteiger partial charge on any atom is -0.330 e. The molecule has 0 spiro atoms. The van der Waals surface area contributed by atoms with Gasteiger partial charge in [0.05, 0.1) is 0 Å². The third-order valence-electron chi connectivity index (χ3n) is 2.91. The summed E-state index contributed by atoms with van der Waals surface area (Å²) in [5.74, 6) is 7.68. The average molecular weight is 165 g/mol. The number of hydrogen-bond donors (Lipinski definition) is 1. The number of nitrogens with two attached hydrogens (primary N) is 1. The fraction of sp³-hybridized carbons (Fsp3) is 0.818. The second-order valence-electron chi connectivity index (χ2n) is 3.67. The van der Waals surface area contributed by atoms with Crippen LogP contribution in [0.2, 0.25) is 0 Å². The van der Waals surface area contributed by atoms with Gasteiger partial charge in [0.25, 0.3) is 0 Å². The average Bonchev–Trinajstić information content (AvgIpc) is 2.15. The first-order valence-corrected chi connectivity index (χ1v) is 4.98. The van der Waals surface area contributed by atoms with Gasteiger partial charge >= 0.3 is 0 Å². The SMILES string of the molecule is CC#CCC1CCCCC1CN. The van der Waals surface area contributed by atoms with Crippen LogP contribution in [0, 0.1) is 23.7 Å². The third kappa shape index (κ3) is 2.53. The molecule has 1 saturated carbocycles. The van der Waals surface area contributed by atoms with Gasteiger partial charge in [-0.05, 0) is 38.1 Å². The van der Waals surface area contributed by atoms with Gasteiger partial charge in [0.15, 0.2) is 0 Å². The standard InChI is InChI=1S/C11H19N/c1-2-3-6-10-7-4-5-8-11(10)9-12/h10-11H,4-9,12H2,1H3. The first-order valence-electron chi connectivity index (χ1n) is 4.98. The molecule has 1 aliphatic carbocycles. The predicted octanol–water partition coefficient (Wildman–Crippen LogP) is 2.16. The molecule has 0 aromatic rings. The van der Waals surface area contributed by atoms with E-state index in [0.717, 1.165) is 24.8 Å². The van der Waals surface area contributed by atoms with Crippen molar-refractivity contribution < 1.29 is 0 Å². The van der Waals surface area contributed by atoms with Gasteiger partial charge in [-0.25, -0.2) is 0 Å². The van der Waals surface area contributed by atoms with Crippen LogP contribution in [0.3, 0.4) is 0 Å². The van der Waals surface area contributed by atoms with Gasteiger partial charge < -0.3 is 5.73 Å². The Bertz CT molecular complexity index is 175. The molecule has 1 aliphatic rings. The lowest BCUT2D eigenvalue weighted by atomic mass is 9.78. The van der Waals surface area contributed by atoms with Crippen molar-refractivity contribution in [3.63, 3.8) is 0 Å². The quantitative estimate of drug-likeness (QED) is 0.623. The van der Waals surface area contributed by atoms with Gasteiger partial charge in [-0.2, -0.15) is 0 Å². The topological polar surface area (TPSA) is 26.0 Å². The molecule has 0 aliphatic heterocycles. The molecular formula is C11H19N. The van der Waals surface area contributed by atoms with Crippen LogP contribution in [0.5, 0.6) is 0 Å². The van der Waals surface area contributed by atoms with Crippen LogP contribution in [-0.2, 0) is 0 Å². The highest BCUT2D eigenvalue weighted by molar-refractivity contribution is 4.98. The molecule has 0 amide bonds. The predicted molar refractivity (Wildman–Crippen MR) is 52.6 cm³/mol. The van der Waals surface area contributed by atoms with Gasteiger partial charge in [0.1, 0.15) is 0 Å². The second-order valence-corrected chi connectivity index (χ2v) is 3.67. The summed E-state index contributed by atoms with van der Waals surface area (Å²) in [6.07, 6.45) is 6.49. The summed E-state index contributed by atoms with van der Waals surface area (Å²) < 4.78 is 0. The smallest absolute Gasteiger partial charge is 0.0120 e. The molecule has 1 nitrogen and oxygen atoms in total. The highest BCUT2D eigenvalue weighted by Gasteiger charge is 2.22. The Morgan fingerprint density at radius 3 is 2.50 bits per heavy atom. The van der Waals surface area contributed by atoms with Crippen LogP contribution in [0.25, 0.3) is 0 Å². The van der Waals surface area contributed by atoms with Crippen molar-refractivity contribution in [3.05, 3.63) is 0 Å². The van der Waals surface area contributed by atoms with Crippen molar-refractivity contribution in [2.75, 3.05) is 6.54 Å².